The third-order valence-corrected chi connectivity index (χ3v) is 4.95. The summed E-state index contributed by atoms with van der Waals surface area (Å²) >= 11 is 1.74. The Morgan fingerprint density at radius 1 is 1.23 bits per heavy atom. The minimum absolute atomic E-state index is 0. The molecule has 0 amide bonds. The van der Waals surface area contributed by atoms with Gasteiger partial charge < -0.3 is 10.6 Å². The average Bonchev–Trinajstić information content (AvgIpc) is 3.03. The van der Waals surface area contributed by atoms with Crippen molar-refractivity contribution in [1.29, 1.82) is 0 Å². The van der Waals surface area contributed by atoms with Gasteiger partial charge >= 0.3 is 0 Å². The van der Waals surface area contributed by atoms with Gasteiger partial charge in [0.25, 0.3) is 0 Å². The number of aromatic nitrogens is 1. The number of guanidine groups is 1. The zero-order chi connectivity index (χ0) is 17.9. The molecule has 1 unspecified atom stereocenters. The van der Waals surface area contributed by atoms with Crippen LogP contribution in [-0.4, -0.2) is 30.1 Å². The fourth-order valence-corrected chi connectivity index (χ4v) is 3.41. The molecule has 0 bridgehead atoms. The third-order valence-electron chi connectivity index (χ3n) is 3.92. The summed E-state index contributed by atoms with van der Waals surface area (Å²) in [6, 6.07) is 11.0. The molecule has 0 fully saturated rings. The first-order chi connectivity index (χ1) is 12.2. The minimum Gasteiger partial charge on any atom is -0.357 e. The number of rotatable bonds is 9. The molecular formula is C20H31IN4S. The molecule has 0 saturated heterocycles. The van der Waals surface area contributed by atoms with E-state index in [1.807, 2.05) is 6.92 Å². The van der Waals surface area contributed by atoms with Gasteiger partial charge in [0.1, 0.15) is 0 Å². The molecule has 1 heterocycles. The number of halogens is 1. The van der Waals surface area contributed by atoms with Crippen molar-refractivity contribution in [3.63, 3.8) is 0 Å². The molecule has 0 aliphatic carbocycles. The Labute approximate surface area is 179 Å². The van der Waals surface area contributed by atoms with E-state index < -0.39 is 0 Å². The average molecular weight is 486 g/mol. The lowest BCUT2D eigenvalue weighted by molar-refractivity contribution is 0.593. The lowest BCUT2D eigenvalue weighted by atomic mass is 10.1. The van der Waals surface area contributed by atoms with E-state index in [4.69, 9.17) is 4.99 Å². The number of thiazole rings is 1. The van der Waals surface area contributed by atoms with Crippen molar-refractivity contribution in [2.24, 2.45) is 4.99 Å². The van der Waals surface area contributed by atoms with E-state index in [2.05, 4.69) is 65.2 Å². The molecule has 1 aromatic heterocycles. The Balaban J connectivity index is 0.00000338. The molecule has 0 saturated carbocycles. The molecule has 26 heavy (non-hydrogen) atoms. The second-order valence-electron chi connectivity index (χ2n) is 6.32. The summed E-state index contributed by atoms with van der Waals surface area (Å²) in [5, 5.41) is 10.2. The van der Waals surface area contributed by atoms with Crippen LogP contribution in [0.25, 0.3) is 0 Å². The molecule has 1 aromatic carbocycles. The number of aliphatic imine (C=N–C) groups is 1. The van der Waals surface area contributed by atoms with Crippen LogP contribution in [0.2, 0.25) is 0 Å². The van der Waals surface area contributed by atoms with Gasteiger partial charge in [-0.1, -0.05) is 30.3 Å². The van der Waals surface area contributed by atoms with E-state index in [0.29, 0.717) is 6.04 Å². The smallest absolute Gasteiger partial charge is 0.191 e. The van der Waals surface area contributed by atoms with E-state index >= 15 is 0 Å². The molecule has 1 atom stereocenters. The van der Waals surface area contributed by atoms with Gasteiger partial charge in [0.05, 0.1) is 5.01 Å². The number of aryl methyl sites for hydroxylation is 3. The van der Waals surface area contributed by atoms with E-state index in [1.165, 1.54) is 10.6 Å². The SMILES string of the molecule is CCNC(=NCCCc1nc(C)cs1)NC(C)CCc1ccccc1.I. The van der Waals surface area contributed by atoms with E-state index in [9.17, 15) is 0 Å². The Morgan fingerprint density at radius 2 is 2.00 bits per heavy atom. The van der Waals surface area contributed by atoms with E-state index in [0.717, 1.165) is 50.4 Å². The first-order valence-electron chi connectivity index (χ1n) is 9.17. The van der Waals surface area contributed by atoms with Crippen LogP contribution < -0.4 is 10.6 Å². The molecule has 0 radical (unpaired) electrons. The molecule has 2 rings (SSSR count). The maximum atomic E-state index is 4.70. The number of nitrogens with one attached hydrogen (secondary N) is 2. The molecule has 0 spiro atoms. The standard InChI is InChI=1S/C20H30N4S.HI/c1-4-21-20(22-14-8-11-19-23-17(3)15-25-19)24-16(2)12-13-18-9-6-5-7-10-18;/h5-7,9-10,15-16H,4,8,11-14H2,1-3H3,(H2,21,22,24);1H. The Bertz CT molecular complexity index is 642. The van der Waals surface area contributed by atoms with Gasteiger partial charge in [-0.3, -0.25) is 4.99 Å². The van der Waals surface area contributed by atoms with Gasteiger partial charge in [-0.15, -0.1) is 35.3 Å². The van der Waals surface area contributed by atoms with Crippen LogP contribution in [0, 0.1) is 6.92 Å². The number of benzene rings is 1. The van der Waals surface area contributed by atoms with Crippen molar-refractivity contribution in [2.45, 2.75) is 52.5 Å². The maximum absolute atomic E-state index is 4.70. The topological polar surface area (TPSA) is 49.3 Å². The molecular weight excluding hydrogens is 455 g/mol. The normalized spacial score (nSPS) is 12.3. The molecule has 2 aromatic rings. The van der Waals surface area contributed by atoms with Crippen LogP contribution in [0.4, 0.5) is 0 Å². The largest absolute Gasteiger partial charge is 0.357 e. The van der Waals surface area contributed by atoms with Crippen molar-refractivity contribution in [3.05, 3.63) is 52.0 Å². The molecule has 4 nitrogen and oxygen atoms in total. The first-order valence-corrected chi connectivity index (χ1v) is 10.0. The van der Waals surface area contributed by atoms with Crippen molar-refractivity contribution < 1.29 is 0 Å². The van der Waals surface area contributed by atoms with Gasteiger partial charge in [-0.2, -0.15) is 0 Å². The van der Waals surface area contributed by atoms with Crippen LogP contribution >= 0.6 is 35.3 Å². The highest BCUT2D eigenvalue weighted by Gasteiger charge is 2.06. The lowest BCUT2D eigenvalue weighted by Gasteiger charge is -2.17. The van der Waals surface area contributed by atoms with Gasteiger partial charge in [0.2, 0.25) is 0 Å². The first kappa shape index (κ1) is 22.9. The molecule has 0 aliphatic rings. The van der Waals surface area contributed by atoms with Crippen molar-refractivity contribution in [1.82, 2.24) is 15.6 Å². The Hall–Kier alpha value is -1.15. The number of hydrogen-bond acceptors (Lipinski definition) is 3. The summed E-state index contributed by atoms with van der Waals surface area (Å²) in [5.41, 5.74) is 2.50. The van der Waals surface area contributed by atoms with Crippen LogP contribution in [0.3, 0.4) is 0 Å². The summed E-state index contributed by atoms with van der Waals surface area (Å²) in [7, 11) is 0. The van der Waals surface area contributed by atoms with Crippen molar-refractivity contribution >= 4 is 41.3 Å². The lowest BCUT2D eigenvalue weighted by Crippen LogP contribution is -2.42. The Morgan fingerprint density at radius 3 is 2.65 bits per heavy atom. The quantitative estimate of drug-likeness (QED) is 0.236. The zero-order valence-corrected chi connectivity index (χ0v) is 19.1. The predicted octanol–water partition coefficient (Wildman–Crippen LogP) is 4.58. The monoisotopic (exact) mass is 486 g/mol. The van der Waals surface area contributed by atoms with Crippen molar-refractivity contribution in [2.75, 3.05) is 13.1 Å². The molecule has 2 N–H and O–H groups in total. The number of nitrogens with zero attached hydrogens (tertiary/aromatic N) is 2. The summed E-state index contributed by atoms with van der Waals surface area (Å²) < 4.78 is 0. The highest BCUT2D eigenvalue weighted by molar-refractivity contribution is 14.0. The summed E-state index contributed by atoms with van der Waals surface area (Å²) in [6.07, 6.45) is 4.21. The van der Waals surface area contributed by atoms with E-state index in [1.54, 1.807) is 11.3 Å². The highest BCUT2D eigenvalue weighted by atomic mass is 127. The summed E-state index contributed by atoms with van der Waals surface area (Å²) in [5.74, 6) is 0.915. The van der Waals surface area contributed by atoms with Crippen LogP contribution in [0.1, 0.15) is 43.0 Å². The molecule has 144 valence electrons. The predicted molar refractivity (Wildman–Crippen MR) is 124 cm³/mol. The van der Waals surface area contributed by atoms with E-state index in [-0.39, 0.29) is 24.0 Å². The second kappa shape index (κ2) is 13.1. The summed E-state index contributed by atoms with van der Waals surface area (Å²) in [6.45, 7) is 8.06. The third kappa shape index (κ3) is 8.98. The summed E-state index contributed by atoms with van der Waals surface area (Å²) in [4.78, 5) is 9.21. The van der Waals surface area contributed by atoms with Gasteiger partial charge in [-0.05, 0) is 45.6 Å². The molecule has 6 heteroatoms. The Kier molecular flexibility index (Phi) is 11.5. The molecule has 0 aliphatic heterocycles. The fourth-order valence-electron chi connectivity index (χ4n) is 2.59. The number of hydrogen-bond donors (Lipinski definition) is 2. The minimum atomic E-state index is 0. The van der Waals surface area contributed by atoms with Crippen LogP contribution in [0.15, 0.2) is 40.7 Å². The van der Waals surface area contributed by atoms with Gasteiger partial charge in [-0.25, -0.2) is 4.98 Å². The second-order valence-corrected chi connectivity index (χ2v) is 7.26. The van der Waals surface area contributed by atoms with Gasteiger partial charge in [0, 0.05) is 36.6 Å². The zero-order valence-electron chi connectivity index (χ0n) is 16.0. The van der Waals surface area contributed by atoms with Gasteiger partial charge in [0.15, 0.2) is 5.96 Å². The van der Waals surface area contributed by atoms with Crippen LogP contribution in [-0.2, 0) is 12.8 Å². The highest BCUT2D eigenvalue weighted by Crippen LogP contribution is 2.10. The fraction of sp³-hybridized carbons (Fsp3) is 0.500. The van der Waals surface area contributed by atoms with Crippen molar-refractivity contribution in [3.8, 4) is 0 Å². The maximum Gasteiger partial charge on any atom is 0.191 e. The van der Waals surface area contributed by atoms with Crippen LogP contribution in [0.5, 0.6) is 0 Å².